The van der Waals surface area contributed by atoms with Gasteiger partial charge in [-0.15, -0.1) is 0 Å². The number of rotatable bonds is 5. The Morgan fingerprint density at radius 1 is 1.24 bits per heavy atom. The number of pyridine rings is 1. The average molecular weight is 230 g/mol. The van der Waals surface area contributed by atoms with Crippen molar-refractivity contribution in [2.24, 2.45) is 0 Å². The van der Waals surface area contributed by atoms with E-state index in [-0.39, 0.29) is 0 Å². The Morgan fingerprint density at radius 3 is 2.88 bits per heavy atom. The molecule has 2 aromatic rings. The van der Waals surface area contributed by atoms with Crippen LogP contribution >= 0.6 is 0 Å². The van der Waals surface area contributed by atoms with E-state index in [0.29, 0.717) is 0 Å². The van der Waals surface area contributed by atoms with Crippen LogP contribution in [0.4, 0.5) is 5.82 Å². The Balaban J connectivity index is 2.31. The number of anilines is 1. The van der Waals surface area contributed by atoms with Gasteiger partial charge in [-0.3, -0.25) is 4.68 Å². The summed E-state index contributed by atoms with van der Waals surface area (Å²) < 4.78 is 2.00. The lowest BCUT2D eigenvalue weighted by molar-refractivity contribution is 0.608. The van der Waals surface area contributed by atoms with Gasteiger partial charge in [0.05, 0.1) is 11.4 Å². The van der Waals surface area contributed by atoms with Crippen LogP contribution in [0.1, 0.15) is 20.3 Å². The monoisotopic (exact) mass is 230 g/mol. The SMILES string of the molecule is CCCn1nccc1-c1cccc(NCC)n1. The Labute approximate surface area is 102 Å². The lowest BCUT2D eigenvalue weighted by atomic mass is 10.2. The van der Waals surface area contributed by atoms with Crippen LogP contribution in [0.3, 0.4) is 0 Å². The van der Waals surface area contributed by atoms with Crippen molar-refractivity contribution >= 4 is 5.82 Å². The molecule has 0 aromatic carbocycles. The molecule has 0 saturated heterocycles. The van der Waals surface area contributed by atoms with Crippen LogP contribution in [-0.2, 0) is 6.54 Å². The van der Waals surface area contributed by atoms with Gasteiger partial charge in [-0.05, 0) is 31.5 Å². The number of nitrogens with one attached hydrogen (secondary N) is 1. The highest BCUT2D eigenvalue weighted by Crippen LogP contribution is 2.18. The van der Waals surface area contributed by atoms with Gasteiger partial charge < -0.3 is 5.32 Å². The van der Waals surface area contributed by atoms with Gasteiger partial charge in [0.1, 0.15) is 5.82 Å². The maximum atomic E-state index is 4.58. The van der Waals surface area contributed by atoms with Crippen LogP contribution in [0.15, 0.2) is 30.5 Å². The van der Waals surface area contributed by atoms with Crippen LogP contribution in [-0.4, -0.2) is 21.3 Å². The third-order valence-corrected chi connectivity index (χ3v) is 2.52. The number of nitrogens with zero attached hydrogens (tertiary/aromatic N) is 3. The Hall–Kier alpha value is -1.84. The summed E-state index contributed by atoms with van der Waals surface area (Å²) in [5.74, 6) is 0.911. The molecule has 0 atom stereocenters. The highest BCUT2D eigenvalue weighted by molar-refractivity contribution is 5.57. The van der Waals surface area contributed by atoms with Crippen LogP contribution in [0.5, 0.6) is 0 Å². The molecule has 0 spiro atoms. The van der Waals surface area contributed by atoms with E-state index in [1.807, 2.05) is 35.1 Å². The van der Waals surface area contributed by atoms with Crippen LogP contribution in [0.2, 0.25) is 0 Å². The van der Waals surface area contributed by atoms with E-state index in [0.717, 1.165) is 36.7 Å². The summed E-state index contributed by atoms with van der Waals surface area (Å²) in [6, 6.07) is 8.02. The molecule has 0 bridgehead atoms. The standard InChI is InChI=1S/C13H18N4/c1-3-10-17-12(8-9-15-17)11-6-5-7-13(16-11)14-4-2/h5-9H,3-4,10H2,1-2H3,(H,14,16). The van der Waals surface area contributed by atoms with E-state index in [4.69, 9.17) is 0 Å². The smallest absolute Gasteiger partial charge is 0.126 e. The molecule has 4 nitrogen and oxygen atoms in total. The largest absolute Gasteiger partial charge is 0.370 e. The summed E-state index contributed by atoms with van der Waals surface area (Å²) in [6.45, 7) is 6.02. The summed E-state index contributed by atoms with van der Waals surface area (Å²) in [5, 5.41) is 7.53. The fourth-order valence-electron chi connectivity index (χ4n) is 1.80. The van der Waals surface area contributed by atoms with Gasteiger partial charge in [-0.25, -0.2) is 4.98 Å². The number of hydrogen-bond acceptors (Lipinski definition) is 3. The molecule has 2 aromatic heterocycles. The molecular formula is C13H18N4. The number of hydrogen-bond donors (Lipinski definition) is 1. The summed E-state index contributed by atoms with van der Waals surface area (Å²) in [6.07, 6.45) is 2.90. The highest BCUT2D eigenvalue weighted by atomic mass is 15.3. The first kappa shape index (κ1) is 11.6. The maximum Gasteiger partial charge on any atom is 0.126 e. The fraction of sp³-hybridized carbons (Fsp3) is 0.385. The Bertz CT molecular complexity index is 476. The molecule has 1 N–H and O–H groups in total. The molecule has 2 heterocycles. The third kappa shape index (κ3) is 2.64. The van der Waals surface area contributed by atoms with Crippen molar-refractivity contribution in [2.75, 3.05) is 11.9 Å². The van der Waals surface area contributed by atoms with Gasteiger partial charge in [-0.2, -0.15) is 5.10 Å². The van der Waals surface area contributed by atoms with Gasteiger partial charge in [0.2, 0.25) is 0 Å². The van der Waals surface area contributed by atoms with Crippen molar-refractivity contribution in [3.63, 3.8) is 0 Å². The summed E-state index contributed by atoms with van der Waals surface area (Å²) >= 11 is 0. The highest BCUT2D eigenvalue weighted by Gasteiger charge is 2.06. The zero-order valence-electron chi connectivity index (χ0n) is 10.3. The van der Waals surface area contributed by atoms with E-state index in [9.17, 15) is 0 Å². The normalized spacial score (nSPS) is 10.5. The number of aryl methyl sites for hydroxylation is 1. The first-order valence-corrected chi connectivity index (χ1v) is 6.08. The molecule has 17 heavy (non-hydrogen) atoms. The predicted octanol–water partition coefficient (Wildman–Crippen LogP) is 2.79. The second-order valence-electron chi connectivity index (χ2n) is 3.88. The minimum absolute atomic E-state index is 0.880. The van der Waals surface area contributed by atoms with Crippen molar-refractivity contribution in [1.29, 1.82) is 0 Å². The predicted molar refractivity (Wildman–Crippen MR) is 69.9 cm³/mol. The second kappa shape index (κ2) is 5.48. The van der Waals surface area contributed by atoms with Crippen LogP contribution < -0.4 is 5.32 Å². The molecule has 4 heteroatoms. The van der Waals surface area contributed by atoms with Crippen molar-refractivity contribution in [3.8, 4) is 11.4 Å². The molecule has 2 rings (SSSR count). The van der Waals surface area contributed by atoms with Gasteiger partial charge in [0.15, 0.2) is 0 Å². The molecular weight excluding hydrogens is 212 g/mol. The average Bonchev–Trinajstić information content (AvgIpc) is 2.79. The van der Waals surface area contributed by atoms with Gasteiger partial charge in [0.25, 0.3) is 0 Å². The van der Waals surface area contributed by atoms with Crippen molar-refractivity contribution in [1.82, 2.24) is 14.8 Å². The molecule has 0 aliphatic carbocycles. The van der Waals surface area contributed by atoms with E-state index < -0.39 is 0 Å². The summed E-state index contributed by atoms with van der Waals surface area (Å²) in [5.41, 5.74) is 2.04. The van der Waals surface area contributed by atoms with Gasteiger partial charge in [0, 0.05) is 19.3 Å². The molecule has 0 unspecified atom stereocenters. The van der Waals surface area contributed by atoms with Crippen molar-refractivity contribution in [2.45, 2.75) is 26.8 Å². The zero-order valence-corrected chi connectivity index (χ0v) is 10.3. The van der Waals surface area contributed by atoms with Crippen molar-refractivity contribution in [3.05, 3.63) is 30.5 Å². The van der Waals surface area contributed by atoms with E-state index in [1.165, 1.54) is 0 Å². The van der Waals surface area contributed by atoms with E-state index in [2.05, 4.69) is 29.2 Å². The van der Waals surface area contributed by atoms with Gasteiger partial charge >= 0.3 is 0 Å². The maximum absolute atomic E-state index is 4.58. The summed E-state index contributed by atoms with van der Waals surface area (Å²) in [7, 11) is 0. The molecule has 0 amide bonds. The molecule has 90 valence electrons. The first-order valence-electron chi connectivity index (χ1n) is 6.08. The Kier molecular flexibility index (Phi) is 3.75. The summed E-state index contributed by atoms with van der Waals surface area (Å²) in [4.78, 5) is 4.58. The van der Waals surface area contributed by atoms with Crippen LogP contribution in [0.25, 0.3) is 11.4 Å². The third-order valence-electron chi connectivity index (χ3n) is 2.52. The molecule has 0 aliphatic heterocycles. The molecule has 0 fully saturated rings. The molecule has 0 aliphatic rings. The Morgan fingerprint density at radius 2 is 2.12 bits per heavy atom. The lowest BCUT2D eigenvalue weighted by Crippen LogP contribution is -2.04. The quantitative estimate of drug-likeness (QED) is 0.858. The van der Waals surface area contributed by atoms with Gasteiger partial charge in [-0.1, -0.05) is 13.0 Å². The first-order chi connectivity index (χ1) is 8.35. The molecule has 0 saturated carbocycles. The second-order valence-corrected chi connectivity index (χ2v) is 3.88. The minimum atomic E-state index is 0.880. The lowest BCUT2D eigenvalue weighted by Gasteiger charge is -2.07. The molecule has 0 radical (unpaired) electrons. The van der Waals surface area contributed by atoms with Crippen molar-refractivity contribution < 1.29 is 0 Å². The van der Waals surface area contributed by atoms with E-state index in [1.54, 1.807) is 0 Å². The van der Waals surface area contributed by atoms with Crippen LogP contribution in [0, 0.1) is 0 Å². The fourth-order valence-corrected chi connectivity index (χ4v) is 1.80. The van der Waals surface area contributed by atoms with E-state index >= 15 is 0 Å². The zero-order chi connectivity index (χ0) is 12.1. The number of aromatic nitrogens is 3. The minimum Gasteiger partial charge on any atom is -0.370 e. The topological polar surface area (TPSA) is 42.7 Å².